The summed E-state index contributed by atoms with van der Waals surface area (Å²) in [5, 5.41) is 19.8. The fraction of sp³-hybridized carbons (Fsp3) is 0.214. The number of aliphatic carboxylic acids is 1. The Kier molecular flexibility index (Phi) is 7.99. The summed E-state index contributed by atoms with van der Waals surface area (Å²) in [4.78, 5) is 23.6. The first kappa shape index (κ1) is 27.4. The molecule has 0 bridgehead atoms. The number of ether oxygens (including phenoxy) is 1. The second-order valence-corrected chi connectivity index (χ2v) is 8.76. The van der Waals surface area contributed by atoms with Gasteiger partial charge in [-0.05, 0) is 59.9 Å². The zero-order chi connectivity index (χ0) is 28.2. The van der Waals surface area contributed by atoms with Gasteiger partial charge in [0.25, 0.3) is 0 Å². The summed E-state index contributed by atoms with van der Waals surface area (Å²) >= 11 is 0. The van der Waals surface area contributed by atoms with Crippen LogP contribution in [0.15, 0.2) is 72.8 Å². The van der Waals surface area contributed by atoms with Crippen molar-refractivity contribution in [3.63, 3.8) is 0 Å². The Morgan fingerprint density at radius 3 is 2.26 bits per heavy atom. The molecule has 1 heterocycles. The predicted octanol–water partition coefficient (Wildman–Crippen LogP) is 6.45. The van der Waals surface area contributed by atoms with Gasteiger partial charge in [-0.1, -0.05) is 60.7 Å². The summed E-state index contributed by atoms with van der Waals surface area (Å²) in [7, 11) is 0. The fourth-order valence-electron chi connectivity index (χ4n) is 3.96. The number of hydrogen-bond donors (Lipinski definition) is 2. The van der Waals surface area contributed by atoms with Gasteiger partial charge in [0.2, 0.25) is 0 Å². The third kappa shape index (κ3) is 6.61. The van der Waals surface area contributed by atoms with Crippen LogP contribution in [-0.4, -0.2) is 32.2 Å². The van der Waals surface area contributed by atoms with Crippen molar-refractivity contribution in [1.29, 1.82) is 0 Å². The Bertz CT molecular complexity index is 1470. The molecular weight excluding hydrogens is 513 g/mol. The first-order valence-electron chi connectivity index (χ1n) is 12.1. The van der Waals surface area contributed by atoms with Crippen LogP contribution in [0.1, 0.15) is 42.3 Å². The van der Waals surface area contributed by atoms with E-state index in [4.69, 9.17) is 9.84 Å². The molecule has 0 fully saturated rings. The number of aryl methyl sites for hydroxylation is 1. The molecule has 0 radical (unpaired) electrons. The lowest BCUT2D eigenvalue weighted by molar-refractivity contribution is -0.138. The van der Waals surface area contributed by atoms with Gasteiger partial charge in [-0.2, -0.15) is 17.9 Å². The van der Waals surface area contributed by atoms with Crippen molar-refractivity contribution in [2.45, 2.75) is 39.0 Å². The van der Waals surface area contributed by atoms with E-state index in [1.54, 1.807) is 24.3 Å². The van der Waals surface area contributed by atoms with Crippen LogP contribution in [0.5, 0.6) is 0 Å². The van der Waals surface area contributed by atoms with Crippen molar-refractivity contribution >= 4 is 17.9 Å². The van der Waals surface area contributed by atoms with Gasteiger partial charge in [-0.3, -0.25) is 10.1 Å². The summed E-state index contributed by atoms with van der Waals surface area (Å²) in [5.74, 6) is -0.616. The average molecular weight is 539 g/mol. The number of aromatic nitrogens is 3. The minimum atomic E-state index is -4.51. The van der Waals surface area contributed by atoms with Gasteiger partial charge >= 0.3 is 18.2 Å². The molecular formula is C28H25F3N4O4. The van der Waals surface area contributed by atoms with Crippen molar-refractivity contribution in [1.82, 2.24) is 15.0 Å². The van der Waals surface area contributed by atoms with Gasteiger partial charge in [0.1, 0.15) is 11.8 Å². The lowest BCUT2D eigenvalue weighted by Gasteiger charge is -2.16. The number of nitrogens with zero attached hydrogens (tertiary/aromatic N) is 3. The number of halogens is 3. The van der Waals surface area contributed by atoms with Crippen LogP contribution >= 0.6 is 0 Å². The smallest absolute Gasteiger partial charge is 0.416 e. The molecule has 1 aromatic heterocycles. The maximum absolute atomic E-state index is 13.1. The summed E-state index contributed by atoms with van der Waals surface area (Å²) in [5.41, 5.74) is 2.96. The highest BCUT2D eigenvalue weighted by Gasteiger charge is 2.31. The number of carboxylic acid groups (broad SMARTS) is 1. The maximum Gasteiger partial charge on any atom is 0.416 e. The highest BCUT2D eigenvalue weighted by Crippen LogP contribution is 2.31. The first-order chi connectivity index (χ1) is 18.5. The van der Waals surface area contributed by atoms with E-state index in [-0.39, 0.29) is 17.8 Å². The lowest BCUT2D eigenvalue weighted by atomic mass is 10.0. The Morgan fingerprint density at radius 2 is 1.67 bits per heavy atom. The molecule has 3 aromatic carbocycles. The number of nitrogens with one attached hydrogen (secondary N) is 1. The number of benzene rings is 3. The van der Waals surface area contributed by atoms with E-state index in [1.807, 2.05) is 31.2 Å². The second kappa shape index (κ2) is 11.4. The zero-order valence-corrected chi connectivity index (χ0v) is 21.1. The molecule has 4 aromatic rings. The summed E-state index contributed by atoms with van der Waals surface area (Å²) in [6.45, 7) is 3.32. The number of carbonyl (C=O) groups excluding carboxylic acids is 1. The van der Waals surface area contributed by atoms with E-state index in [9.17, 15) is 22.8 Å². The van der Waals surface area contributed by atoms with Gasteiger partial charge in [-0.15, -0.1) is 5.10 Å². The standard InChI is InChI=1S/C28H25F3N4O4/c1-3-24-26(32-27(38)39-17(2)21-5-4-6-22(16-21)28(29,30)31)35(34-33-24)23-13-11-20(12-14-23)19-9-7-18(8-10-19)15-25(36)37/h4-14,16-17H,3,15H2,1-2H3,(H,32,38)(H,36,37)/t17-/m1/s1. The molecule has 8 nitrogen and oxygen atoms in total. The molecule has 2 N–H and O–H groups in total. The number of carboxylic acids is 1. The molecule has 1 amide bonds. The SMILES string of the molecule is CCc1nnn(-c2ccc(-c3ccc(CC(=O)O)cc3)cc2)c1NC(=O)O[C@H](C)c1cccc(C(F)(F)F)c1. The molecule has 11 heteroatoms. The van der Waals surface area contributed by atoms with E-state index >= 15 is 0 Å². The van der Waals surface area contributed by atoms with E-state index in [0.29, 0.717) is 23.4 Å². The van der Waals surface area contributed by atoms with Crippen LogP contribution < -0.4 is 5.32 Å². The molecule has 4 rings (SSSR count). The number of anilines is 1. The Morgan fingerprint density at radius 1 is 1.03 bits per heavy atom. The summed E-state index contributed by atoms with van der Waals surface area (Å²) in [6, 6.07) is 19.1. The topological polar surface area (TPSA) is 106 Å². The molecule has 0 aliphatic rings. The molecule has 0 saturated carbocycles. The molecule has 0 saturated heterocycles. The monoisotopic (exact) mass is 538 g/mol. The number of hydrogen-bond acceptors (Lipinski definition) is 5. The van der Waals surface area contributed by atoms with Crippen LogP contribution in [-0.2, 0) is 28.5 Å². The summed E-state index contributed by atoms with van der Waals surface area (Å²) < 4.78 is 46.0. The highest BCUT2D eigenvalue weighted by atomic mass is 19.4. The number of alkyl halides is 3. The van der Waals surface area contributed by atoms with Crippen molar-refractivity contribution in [2.24, 2.45) is 0 Å². The molecule has 0 unspecified atom stereocenters. The second-order valence-electron chi connectivity index (χ2n) is 8.76. The van der Waals surface area contributed by atoms with E-state index in [1.165, 1.54) is 23.7 Å². The molecule has 1 atom stereocenters. The largest absolute Gasteiger partial charge is 0.481 e. The van der Waals surface area contributed by atoms with E-state index in [2.05, 4.69) is 15.6 Å². The van der Waals surface area contributed by atoms with Crippen molar-refractivity contribution in [3.8, 4) is 16.8 Å². The lowest BCUT2D eigenvalue weighted by Crippen LogP contribution is -2.19. The van der Waals surface area contributed by atoms with E-state index < -0.39 is 29.9 Å². The maximum atomic E-state index is 13.1. The quantitative estimate of drug-likeness (QED) is 0.267. The Hall–Kier alpha value is -4.67. The highest BCUT2D eigenvalue weighted by molar-refractivity contribution is 5.84. The van der Waals surface area contributed by atoms with Crippen molar-refractivity contribution in [2.75, 3.05) is 5.32 Å². The van der Waals surface area contributed by atoms with Gasteiger partial charge in [0.15, 0.2) is 5.82 Å². The van der Waals surface area contributed by atoms with Crippen LogP contribution in [0.4, 0.5) is 23.8 Å². The minimum Gasteiger partial charge on any atom is -0.481 e. The third-order valence-corrected chi connectivity index (χ3v) is 6.02. The third-order valence-electron chi connectivity index (χ3n) is 6.02. The van der Waals surface area contributed by atoms with Gasteiger partial charge in [-0.25, -0.2) is 4.79 Å². The summed E-state index contributed by atoms with van der Waals surface area (Å²) in [6.07, 6.45) is -5.91. The fourth-order valence-corrected chi connectivity index (χ4v) is 3.96. The van der Waals surface area contributed by atoms with Crippen LogP contribution in [0.2, 0.25) is 0 Å². The molecule has 39 heavy (non-hydrogen) atoms. The number of amides is 1. The van der Waals surface area contributed by atoms with Gasteiger partial charge in [0.05, 0.1) is 17.7 Å². The van der Waals surface area contributed by atoms with Crippen molar-refractivity contribution in [3.05, 3.63) is 95.2 Å². The normalized spacial score (nSPS) is 12.1. The number of carbonyl (C=O) groups is 2. The minimum absolute atomic E-state index is 0.0534. The zero-order valence-electron chi connectivity index (χ0n) is 21.1. The molecule has 0 aliphatic carbocycles. The van der Waals surface area contributed by atoms with Gasteiger partial charge in [0, 0.05) is 0 Å². The molecule has 0 spiro atoms. The Balaban J connectivity index is 1.50. The predicted molar refractivity (Wildman–Crippen MR) is 137 cm³/mol. The number of rotatable bonds is 8. The first-order valence-corrected chi connectivity index (χ1v) is 12.1. The molecule has 0 aliphatic heterocycles. The van der Waals surface area contributed by atoms with Crippen LogP contribution in [0.25, 0.3) is 16.8 Å². The van der Waals surface area contributed by atoms with Crippen LogP contribution in [0.3, 0.4) is 0 Å². The average Bonchev–Trinajstić information content (AvgIpc) is 3.30. The van der Waals surface area contributed by atoms with Gasteiger partial charge < -0.3 is 9.84 Å². The van der Waals surface area contributed by atoms with Crippen LogP contribution in [0, 0.1) is 0 Å². The van der Waals surface area contributed by atoms with E-state index in [0.717, 1.165) is 23.3 Å². The van der Waals surface area contributed by atoms with Crippen molar-refractivity contribution < 1.29 is 32.6 Å². The molecule has 202 valence electrons. The Labute approximate surface area is 222 Å².